The number of piperidine rings is 1. The van der Waals surface area contributed by atoms with Crippen molar-refractivity contribution in [1.82, 2.24) is 9.29 Å². The fourth-order valence-electron chi connectivity index (χ4n) is 3.24. The quantitative estimate of drug-likeness (QED) is 0.661. The monoisotopic (exact) mass is 437 g/mol. The van der Waals surface area contributed by atoms with E-state index < -0.39 is 10.0 Å². The molecule has 0 atom stereocenters. The molecule has 148 valence electrons. The Hall–Kier alpha value is -2.01. The lowest BCUT2D eigenvalue weighted by molar-refractivity contribution is -0.120. The number of para-hydroxylation sites is 1. The molecule has 0 bridgehead atoms. The highest BCUT2D eigenvalue weighted by Crippen LogP contribution is 2.33. The predicted molar refractivity (Wildman–Crippen MR) is 111 cm³/mol. The zero-order valence-electron chi connectivity index (χ0n) is 15.1. The number of anilines is 1. The van der Waals surface area contributed by atoms with Crippen LogP contribution in [0.25, 0.3) is 10.2 Å². The van der Waals surface area contributed by atoms with Crippen LogP contribution in [0.1, 0.15) is 12.8 Å². The van der Waals surface area contributed by atoms with Crippen LogP contribution in [0.2, 0.25) is 0 Å². The Morgan fingerprint density at radius 1 is 1.25 bits per heavy atom. The third kappa shape index (κ3) is 3.64. The minimum atomic E-state index is -3.46. The summed E-state index contributed by atoms with van der Waals surface area (Å²) in [6.45, 7) is 0.679. The van der Waals surface area contributed by atoms with Gasteiger partial charge in [-0.1, -0.05) is 23.5 Å². The smallest absolute Gasteiger partial charge is 0.252 e. The van der Waals surface area contributed by atoms with Gasteiger partial charge in [-0.25, -0.2) is 13.4 Å². The van der Waals surface area contributed by atoms with Crippen molar-refractivity contribution in [3.63, 3.8) is 0 Å². The molecule has 1 aromatic carbocycles. The second kappa shape index (κ2) is 7.78. The number of hydrogen-bond acceptors (Lipinski definition) is 7. The van der Waals surface area contributed by atoms with Gasteiger partial charge in [0.1, 0.15) is 15.5 Å². The van der Waals surface area contributed by atoms with Crippen LogP contribution in [0.4, 0.5) is 5.13 Å². The highest BCUT2D eigenvalue weighted by Gasteiger charge is 2.32. The van der Waals surface area contributed by atoms with Crippen molar-refractivity contribution in [2.75, 3.05) is 25.5 Å². The minimum absolute atomic E-state index is 0.119. The number of fused-ring (bicyclic) bond motifs is 1. The number of aromatic nitrogens is 1. The van der Waals surface area contributed by atoms with Crippen molar-refractivity contribution in [2.24, 2.45) is 5.92 Å². The Kier molecular flexibility index (Phi) is 5.37. The first-order chi connectivity index (χ1) is 13.5. The van der Waals surface area contributed by atoms with Crippen LogP contribution in [0.3, 0.4) is 0 Å². The molecule has 0 spiro atoms. The van der Waals surface area contributed by atoms with Gasteiger partial charge in [-0.05, 0) is 36.4 Å². The van der Waals surface area contributed by atoms with Crippen molar-refractivity contribution >= 4 is 54.0 Å². The molecule has 0 aliphatic carbocycles. The molecule has 3 heterocycles. The lowest BCUT2D eigenvalue weighted by Gasteiger charge is -2.29. The number of thiazole rings is 1. The fourth-order valence-corrected chi connectivity index (χ4v) is 6.75. The molecule has 1 fully saturated rings. The fraction of sp³-hybridized carbons (Fsp3) is 0.333. The number of rotatable bonds is 5. The van der Waals surface area contributed by atoms with Crippen LogP contribution < -0.4 is 10.1 Å². The standard InChI is InChI=1S/C18H19N3O4S3/c1-25-13-4-2-5-14-16(13)19-18(27-14)20-17(22)12-7-9-21(10-8-12)28(23,24)15-6-3-11-26-15/h2-6,11-12H,7-10H2,1H3,(H,19,20,22). The van der Waals surface area contributed by atoms with E-state index in [-0.39, 0.29) is 11.8 Å². The van der Waals surface area contributed by atoms with E-state index in [1.165, 1.54) is 27.0 Å². The molecule has 1 N–H and O–H groups in total. The highest BCUT2D eigenvalue weighted by molar-refractivity contribution is 7.91. The molecule has 0 saturated carbocycles. The van der Waals surface area contributed by atoms with E-state index in [1.807, 2.05) is 18.2 Å². The summed E-state index contributed by atoms with van der Waals surface area (Å²) in [7, 11) is -1.87. The van der Waals surface area contributed by atoms with Gasteiger partial charge < -0.3 is 10.1 Å². The van der Waals surface area contributed by atoms with E-state index in [9.17, 15) is 13.2 Å². The molecule has 28 heavy (non-hydrogen) atoms. The second-order valence-electron chi connectivity index (χ2n) is 6.43. The van der Waals surface area contributed by atoms with E-state index in [1.54, 1.807) is 24.6 Å². The molecule has 10 heteroatoms. The predicted octanol–water partition coefficient (Wildman–Crippen LogP) is 3.41. The maximum Gasteiger partial charge on any atom is 0.252 e. The first-order valence-electron chi connectivity index (χ1n) is 8.77. The second-order valence-corrected chi connectivity index (χ2v) is 10.6. The van der Waals surface area contributed by atoms with E-state index in [0.717, 1.165) is 10.2 Å². The van der Waals surface area contributed by atoms with Crippen LogP contribution in [-0.2, 0) is 14.8 Å². The van der Waals surface area contributed by atoms with Gasteiger partial charge in [0.05, 0.1) is 11.8 Å². The van der Waals surface area contributed by atoms with Crippen molar-refractivity contribution in [2.45, 2.75) is 17.1 Å². The Morgan fingerprint density at radius 2 is 2.04 bits per heavy atom. The maximum absolute atomic E-state index is 12.6. The Morgan fingerprint density at radius 3 is 2.71 bits per heavy atom. The Labute approximate surface area is 171 Å². The van der Waals surface area contributed by atoms with Crippen molar-refractivity contribution in [3.05, 3.63) is 35.7 Å². The molecule has 1 aliphatic rings. The van der Waals surface area contributed by atoms with Gasteiger partial charge in [0.25, 0.3) is 10.0 Å². The van der Waals surface area contributed by atoms with Gasteiger partial charge in [0.2, 0.25) is 5.91 Å². The van der Waals surface area contributed by atoms with Gasteiger partial charge in [-0.2, -0.15) is 4.31 Å². The molecular weight excluding hydrogens is 418 g/mol. The molecule has 3 aromatic rings. The minimum Gasteiger partial charge on any atom is -0.494 e. The first-order valence-corrected chi connectivity index (χ1v) is 11.9. The van der Waals surface area contributed by atoms with Gasteiger partial charge in [-0.3, -0.25) is 4.79 Å². The number of nitrogens with one attached hydrogen (secondary N) is 1. The molecule has 2 aromatic heterocycles. The number of thiophene rings is 1. The van der Waals surface area contributed by atoms with Crippen LogP contribution in [0, 0.1) is 5.92 Å². The molecule has 0 unspecified atom stereocenters. The third-order valence-electron chi connectivity index (χ3n) is 4.75. The van der Waals surface area contributed by atoms with Crippen LogP contribution in [-0.4, -0.2) is 43.8 Å². The molecule has 1 amide bonds. The summed E-state index contributed by atoms with van der Waals surface area (Å²) >= 11 is 2.61. The number of hydrogen-bond donors (Lipinski definition) is 1. The molecular formula is C18H19N3O4S3. The molecule has 7 nitrogen and oxygen atoms in total. The zero-order valence-corrected chi connectivity index (χ0v) is 17.6. The number of nitrogens with zero attached hydrogens (tertiary/aromatic N) is 2. The number of benzene rings is 1. The number of carbonyl (C=O) groups excluding carboxylic acids is 1. The van der Waals surface area contributed by atoms with Crippen LogP contribution in [0.15, 0.2) is 39.9 Å². The summed E-state index contributed by atoms with van der Waals surface area (Å²) in [5, 5.41) is 5.16. The lowest BCUT2D eigenvalue weighted by Crippen LogP contribution is -2.41. The van der Waals surface area contributed by atoms with E-state index in [0.29, 0.717) is 41.0 Å². The third-order valence-corrected chi connectivity index (χ3v) is 8.95. The van der Waals surface area contributed by atoms with Gasteiger partial charge in [0.15, 0.2) is 5.13 Å². The summed E-state index contributed by atoms with van der Waals surface area (Å²) in [6, 6.07) is 8.98. The summed E-state index contributed by atoms with van der Waals surface area (Å²) in [4.78, 5) is 17.1. The maximum atomic E-state index is 12.6. The average Bonchev–Trinajstić information content (AvgIpc) is 3.37. The average molecular weight is 438 g/mol. The molecule has 0 radical (unpaired) electrons. The SMILES string of the molecule is COc1cccc2sc(NC(=O)C3CCN(S(=O)(=O)c4cccs4)CC3)nc12. The number of carbonyl (C=O) groups is 1. The molecule has 1 aliphatic heterocycles. The van der Waals surface area contributed by atoms with Crippen LogP contribution >= 0.6 is 22.7 Å². The van der Waals surface area contributed by atoms with E-state index in [2.05, 4.69) is 10.3 Å². The topological polar surface area (TPSA) is 88.6 Å². The molecule has 4 rings (SSSR count). The molecule has 1 saturated heterocycles. The summed E-state index contributed by atoms with van der Waals surface area (Å²) in [5.41, 5.74) is 0.724. The van der Waals surface area contributed by atoms with Gasteiger partial charge >= 0.3 is 0 Å². The van der Waals surface area contributed by atoms with Crippen molar-refractivity contribution in [3.8, 4) is 5.75 Å². The zero-order chi connectivity index (χ0) is 19.7. The number of sulfonamides is 1. The summed E-state index contributed by atoms with van der Waals surface area (Å²) in [6.07, 6.45) is 0.981. The number of amides is 1. The van der Waals surface area contributed by atoms with E-state index >= 15 is 0 Å². The van der Waals surface area contributed by atoms with Gasteiger partial charge in [0, 0.05) is 19.0 Å². The summed E-state index contributed by atoms with van der Waals surface area (Å²) in [5.74, 6) is 0.316. The summed E-state index contributed by atoms with van der Waals surface area (Å²) < 4.78 is 33.2. The lowest BCUT2D eigenvalue weighted by atomic mass is 9.97. The van der Waals surface area contributed by atoms with E-state index in [4.69, 9.17) is 4.74 Å². The first kappa shape index (κ1) is 19.3. The largest absolute Gasteiger partial charge is 0.494 e. The van der Waals surface area contributed by atoms with Gasteiger partial charge in [-0.15, -0.1) is 11.3 Å². The Bertz CT molecular complexity index is 1080. The highest BCUT2D eigenvalue weighted by atomic mass is 32.2. The van der Waals surface area contributed by atoms with Crippen molar-refractivity contribution < 1.29 is 17.9 Å². The van der Waals surface area contributed by atoms with Crippen molar-refractivity contribution in [1.29, 1.82) is 0 Å². The number of methoxy groups -OCH3 is 1. The number of ether oxygens (including phenoxy) is 1. The van der Waals surface area contributed by atoms with Crippen LogP contribution in [0.5, 0.6) is 5.75 Å². The Balaban J connectivity index is 1.41. The normalized spacial score (nSPS) is 16.3.